The minimum atomic E-state index is 0.122. The average Bonchev–Trinajstić information content (AvgIpc) is 2.81. The van der Waals surface area contributed by atoms with Crippen molar-refractivity contribution in [1.29, 1.82) is 0 Å². The van der Waals surface area contributed by atoms with Gasteiger partial charge in [-0.05, 0) is 29.6 Å². The fourth-order valence-corrected chi connectivity index (χ4v) is 2.53. The van der Waals surface area contributed by atoms with Crippen LogP contribution in [0.15, 0.2) is 0 Å². The summed E-state index contributed by atoms with van der Waals surface area (Å²) in [6, 6.07) is 0. The first kappa shape index (κ1) is 14.7. The highest BCUT2D eigenvalue weighted by Crippen LogP contribution is 2.40. The smallest absolute Gasteiger partial charge is 0.137 e. The van der Waals surface area contributed by atoms with Crippen molar-refractivity contribution in [2.24, 2.45) is 22.7 Å². The van der Waals surface area contributed by atoms with Crippen LogP contribution >= 0.6 is 0 Å². The molecule has 1 nitrogen and oxygen atoms in total. The van der Waals surface area contributed by atoms with Gasteiger partial charge in [0.15, 0.2) is 0 Å². The molecule has 0 radical (unpaired) electrons. The molecule has 1 rings (SSSR count). The van der Waals surface area contributed by atoms with Crippen LogP contribution in [0, 0.1) is 22.7 Å². The maximum Gasteiger partial charge on any atom is 0.137 e. The SMILES string of the molecule is CC(C)(C)CC(=O)C(CCC1CC1)C(C)(C)C. The van der Waals surface area contributed by atoms with Crippen molar-refractivity contribution in [1.82, 2.24) is 0 Å². The van der Waals surface area contributed by atoms with E-state index in [1.807, 2.05) is 0 Å². The van der Waals surface area contributed by atoms with Crippen molar-refractivity contribution in [2.75, 3.05) is 0 Å². The Kier molecular flexibility index (Phi) is 4.43. The molecule has 1 saturated carbocycles. The third-order valence-electron chi connectivity index (χ3n) is 3.70. The van der Waals surface area contributed by atoms with E-state index in [0.717, 1.165) is 18.8 Å². The first-order valence-electron chi connectivity index (χ1n) is 7.12. The maximum absolute atomic E-state index is 12.4. The van der Waals surface area contributed by atoms with E-state index >= 15 is 0 Å². The van der Waals surface area contributed by atoms with E-state index in [1.54, 1.807) is 0 Å². The van der Waals surface area contributed by atoms with E-state index in [9.17, 15) is 4.79 Å². The Hall–Kier alpha value is -0.330. The van der Waals surface area contributed by atoms with Crippen LogP contribution in [0.5, 0.6) is 0 Å². The van der Waals surface area contributed by atoms with Crippen LogP contribution in [0.2, 0.25) is 0 Å². The number of carbonyl (C=O) groups is 1. The number of ketones is 1. The molecule has 0 spiro atoms. The summed E-state index contributed by atoms with van der Waals surface area (Å²) in [7, 11) is 0. The van der Waals surface area contributed by atoms with E-state index in [-0.39, 0.29) is 16.7 Å². The summed E-state index contributed by atoms with van der Waals surface area (Å²) >= 11 is 0. The zero-order valence-electron chi connectivity index (χ0n) is 12.6. The Labute approximate surface area is 107 Å². The topological polar surface area (TPSA) is 17.1 Å². The second kappa shape index (κ2) is 5.12. The molecule has 0 saturated heterocycles. The number of hydrogen-bond donors (Lipinski definition) is 0. The molecule has 1 atom stereocenters. The highest BCUT2D eigenvalue weighted by molar-refractivity contribution is 5.82. The second-order valence-corrected chi connectivity index (χ2v) is 8.14. The molecule has 0 amide bonds. The Morgan fingerprint density at radius 1 is 1.12 bits per heavy atom. The summed E-state index contributed by atoms with van der Waals surface area (Å²) in [4.78, 5) is 12.4. The van der Waals surface area contributed by atoms with Crippen molar-refractivity contribution >= 4 is 5.78 Å². The van der Waals surface area contributed by atoms with E-state index in [0.29, 0.717) is 5.78 Å². The van der Waals surface area contributed by atoms with E-state index in [2.05, 4.69) is 41.5 Å². The van der Waals surface area contributed by atoms with Crippen LogP contribution in [-0.4, -0.2) is 5.78 Å². The first-order chi connectivity index (χ1) is 7.59. The molecular formula is C16H30O. The van der Waals surface area contributed by atoms with Gasteiger partial charge >= 0.3 is 0 Å². The largest absolute Gasteiger partial charge is 0.299 e. The number of hydrogen-bond acceptors (Lipinski definition) is 1. The standard InChI is InChI=1S/C16H30O/c1-15(2,3)11-14(17)13(16(4,5)6)10-9-12-7-8-12/h12-13H,7-11H2,1-6H3. The van der Waals surface area contributed by atoms with Crippen LogP contribution in [0.1, 0.15) is 73.6 Å². The predicted molar refractivity (Wildman–Crippen MR) is 74.0 cm³/mol. The van der Waals surface area contributed by atoms with E-state index in [1.165, 1.54) is 19.3 Å². The van der Waals surface area contributed by atoms with Gasteiger partial charge in [0.1, 0.15) is 5.78 Å². The number of Topliss-reactive ketones (excluding diaryl/α,β-unsaturated/α-hetero) is 1. The van der Waals surface area contributed by atoms with Gasteiger partial charge in [0.25, 0.3) is 0 Å². The van der Waals surface area contributed by atoms with Gasteiger partial charge in [-0.3, -0.25) is 4.79 Å². The Morgan fingerprint density at radius 2 is 1.65 bits per heavy atom. The molecule has 0 heterocycles. The molecule has 0 bridgehead atoms. The van der Waals surface area contributed by atoms with Gasteiger partial charge < -0.3 is 0 Å². The zero-order chi connectivity index (χ0) is 13.3. The van der Waals surface area contributed by atoms with Crippen LogP contribution in [0.25, 0.3) is 0 Å². The van der Waals surface area contributed by atoms with Gasteiger partial charge in [0.2, 0.25) is 0 Å². The molecule has 0 N–H and O–H groups in total. The quantitative estimate of drug-likeness (QED) is 0.669. The fraction of sp³-hybridized carbons (Fsp3) is 0.938. The van der Waals surface area contributed by atoms with Crippen molar-refractivity contribution in [2.45, 2.75) is 73.6 Å². The molecule has 0 aromatic carbocycles. The summed E-state index contributed by atoms with van der Waals surface area (Å²) in [5.74, 6) is 1.66. The molecule has 0 aromatic heterocycles. The molecule has 100 valence electrons. The third-order valence-corrected chi connectivity index (χ3v) is 3.70. The van der Waals surface area contributed by atoms with Crippen molar-refractivity contribution in [3.05, 3.63) is 0 Å². The molecule has 1 aliphatic rings. The highest BCUT2D eigenvalue weighted by Gasteiger charge is 2.34. The van der Waals surface area contributed by atoms with Gasteiger partial charge in [-0.2, -0.15) is 0 Å². The summed E-state index contributed by atoms with van der Waals surface area (Å²) < 4.78 is 0. The molecule has 17 heavy (non-hydrogen) atoms. The predicted octanol–water partition coefficient (Wildman–Crippen LogP) is 4.84. The minimum absolute atomic E-state index is 0.122. The second-order valence-electron chi connectivity index (χ2n) is 8.14. The monoisotopic (exact) mass is 238 g/mol. The summed E-state index contributed by atoms with van der Waals surface area (Å²) in [5, 5.41) is 0. The van der Waals surface area contributed by atoms with Crippen molar-refractivity contribution in [3.63, 3.8) is 0 Å². The maximum atomic E-state index is 12.4. The first-order valence-corrected chi connectivity index (χ1v) is 7.12. The lowest BCUT2D eigenvalue weighted by molar-refractivity contribution is -0.128. The highest BCUT2D eigenvalue weighted by atomic mass is 16.1. The summed E-state index contributed by atoms with van der Waals surface area (Å²) in [6.45, 7) is 13.1. The molecule has 1 heteroatoms. The molecule has 0 aliphatic heterocycles. The van der Waals surface area contributed by atoms with Gasteiger partial charge in [0, 0.05) is 12.3 Å². The Morgan fingerprint density at radius 3 is 2.00 bits per heavy atom. The minimum Gasteiger partial charge on any atom is -0.299 e. The Bertz CT molecular complexity index is 260. The number of rotatable bonds is 5. The third kappa shape index (κ3) is 5.70. The lowest BCUT2D eigenvalue weighted by Crippen LogP contribution is -2.31. The summed E-state index contributed by atoms with van der Waals surface area (Å²) in [5.41, 5.74) is 0.247. The molecular weight excluding hydrogens is 208 g/mol. The van der Waals surface area contributed by atoms with Gasteiger partial charge in [-0.1, -0.05) is 54.4 Å². The Balaban J connectivity index is 2.57. The molecule has 1 unspecified atom stereocenters. The average molecular weight is 238 g/mol. The lowest BCUT2D eigenvalue weighted by atomic mass is 9.72. The summed E-state index contributed by atoms with van der Waals surface area (Å²) in [6.07, 6.45) is 5.87. The van der Waals surface area contributed by atoms with E-state index in [4.69, 9.17) is 0 Å². The van der Waals surface area contributed by atoms with Gasteiger partial charge in [0.05, 0.1) is 0 Å². The lowest BCUT2D eigenvalue weighted by Gasteiger charge is -2.32. The van der Waals surface area contributed by atoms with E-state index < -0.39 is 0 Å². The normalized spacial score (nSPS) is 19.2. The fourth-order valence-electron chi connectivity index (χ4n) is 2.53. The molecule has 1 aliphatic carbocycles. The zero-order valence-corrected chi connectivity index (χ0v) is 12.6. The molecule has 0 aromatic rings. The van der Waals surface area contributed by atoms with Crippen LogP contribution < -0.4 is 0 Å². The van der Waals surface area contributed by atoms with Crippen molar-refractivity contribution in [3.8, 4) is 0 Å². The van der Waals surface area contributed by atoms with Crippen LogP contribution in [0.4, 0.5) is 0 Å². The molecule has 1 fully saturated rings. The van der Waals surface area contributed by atoms with Crippen molar-refractivity contribution < 1.29 is 4.79 Å². The van der Waals surface area contributed by atoms with Gasteiger partial charge in [-0.15, -0.1) is 0 Å². The van der Waals surface area contributed by atoms with Crippen LogP contribution in [-0.2, 0) is 4.79 Å². The number of carbonyl (C=O) groups excluding carboxylic acids is 1. The van der Waals surface area contributed by atoms with Gasteiger partial charge in [-0.25, -0.2) is 0 Å². The van der Waals surface area contributed by atoms with Crippen LogP contribution in [0.3, 0.4) is 0 Å².